The van der Waals surface area contributed by atoms with E-state index >= 15 is 0 Å². The Bertz CT molecular complexity index is 5430. The fourth-order valence-corrected chi connectivity index (χ4v) is 17.2. The monoisotopic (exact) mass is 1250 g/mol. The molecule has 4 nitrogen and oxygen atoms in total. The first-order valence-corrected chi connectivity index (χ1v) is 34.3. The third-order valence-corrected chi connectivity index (χ3v) is 21.2. The number of hydrogen-bond acceptors (Lipinski definition) is 5. The van der Waals surface area contributed by atoms with Crippen molar-refractivity contribution < 1.29 is 0 Å². The van der Waals surface area contributed by atoms with E-state index in [1.165, 1.54) is 87.3 Å². The summed E-state index contributed by atoms with van der Waals surface area (Å²) in [7, 11) is 0. The van der Waals surface area contributed by atoms with Gasteiger partial charge in [0, 0.05) is 77.5 Å². The summed E-state index contributed by atoms with van der Waals surface area (Å²) in [5.74, 6) is 0. The number of benzene rings is 15. The molecular weight excluding hydrogens is 1190 g/mol. The van der Waals surface area contributed by atoms with Crippen LogP contribution in [0.2, 0.25) is 0 Å². The maximum absolute atomic E-state index is 2.66. The summed E-state index contributed by atoms with van der Waals surface area (Å²) in [6.07, 6.45) is 0. The highest BCUT2D eigenvalue weighted by molar-refractivity contribution is 8.00. The Balaban J connectivity index is 0.917. The second-order valence-electron chi connectivity index (χ2n) is 25.4. The van der Waals surface area contributed by atoms with Crippen LogP contribution in [0.15, 0.2) is 374 Å². The van der Waals surface area contributed by atoms with E-state index in [2.05, 4.69) is 384 Å². The lowest BCUT2D eigenvalue weighted by Crippen LogP contribution is -2.64. The van der Waals surface area contributed by atoms with Crippen LogP contribution >= 0.6 is 11.8 Å². The van der Waals surface area contributed by atoms with Gasteiger partial charge in [0.15, 0.2) is 0 Å². The quantitative estimate of drug-likeness (QED) is 0.119. The molecule has 15 aromatic carbocycles. The highest BCUT2D eigenvalue weighted by Crippen LogP contribution is 2.54. The summed E-state index contributed by atoms with van der Waals surface area (Å²) < 4.78 is 0. The Morgan fingerprint density at radius 3 is 1.10 bits per heavy atom. The Labute approximate surface area is 571 Å². The van der Waals surface area contributed by atoms with Gasteiger partial charge in [-0.1, -0.05) is 302 Å². The van der Waals surface area contributed by atoms with E-state index in [1.54, 1.807) is 0 Å². The summed E-state index contributed by atoms with van der Waals surface area (Å²) in [5.41, 5.74) is 32.8. The predicted octanol–water partition coefficient (Wildman–Crippen LogP) is 20.3. The average molecular weight is 1250 g/mol. The van der Waals surface area contributed by atoms with E-state index in [1.807, 2.05) is 11.8 Å². The molecule has 0 spiro atoms. The molecule has 15 aromatic rings. The second-order valence-corrected chi connectivity index (χ2v) is 26.5. The second kappa shape index (κ2) is 23.5. The van der Waals surface area contributed by atoms with Crippen molar-refractivity contribution >= 4 is 126 Å². The predicted molar refractivity (Wildman–Crippen MR) is 412 cm³/mol. The maximum atomic E-state index is 2.66. The molecule has 0 aromatic heterocycles. The molecule has 0 unspecified atom stereocenters. The fourth-order valence-electron chi connectivity index (χ4n) is 16.0. The van der Waals surface area contributed by atoms with Gasteiger partial charge in [0.1, 0.15) is 0 Å². The molecule has 0 amide bonds. The summed E-state index contributed by atoms with van der Waals surface area (Å²) in [6, 6.07) is 135. The van der Waals surface area contributed by atoms with E-state index in [-0.39, 0.29) is 13.4 Å². The Hall–Kier alpha value is -12.0. The lowest BCUT2D eigenvalue weighted by molar-refractivity contribution is 1.22. The topological polar surface area (TPSA) is 13.0 Å². The van der Waals surface area contributed by atoms with Crippen molar-refractivity contribution in [2.45, 2.75) is 9.79 Å². The first kappa shape index (κ1) is 56.5. The lowest BCUT2D eigenvalue weighted by atomic mass is 9.31. The molecule has 4 aliphatic rings. The van der Waals surface area contributed by atoms with Crippen molar-refractivity contribution in [3.05, 3.63) is 364 Å². The van der Waals surface area contributed by atoms with Crippen LogP contribution in [0, 0.1) is 0 Å². The zero-order valence-corrected chi connectivity index (χ0v) is 53.8. The van der Waals surface area contributed by atoms with Gasteiger partial charge in [-0.05, 0) is 140 Å². The number of anilines is 12. The highest BCUT2D eigenvalue weighted by atomic mass is 32.2. The molecule has 0 radical (unpaired) electrons. The van der Waals surface area contributed by atoms with Crippen LogP contribution in [0.3, 0.4) is 0 Å². The van der Waals surface area contributed by atoms with Crippen LogP contribution in [-0.2, 0) is 0 Å². The zero-order chi connectivity index (χ0) is 63.9. The lowest BCUT2D eigenvalue weighted by Gasteiger charge is -2.46. The summed E-state index contributed by atoms with van der Waals surface area (Å²) in [5, 5.41) is 0. The van der Waals surface area contributed by atoms with Crippen LogP contribution in [0.25, 0.3) is 55.6 Å². The average Bonchev–Trinajstić information content (AvgIpc) is 0.689. The first-order valence-electron chi connectivity index (χ1n) is 33.5. The standard InChI is InChI=1S/C90H60B2N4S/c1-8-31-61(32-9-1)66-55-83-89-87(56-66)97-86-60-82-76(59-77(86)92(89)75-50-25-29-54-81(75)96(83)90-72(64-37-14-4-15-38-64)47-30-48-73(90)65-39-16-5-17-40-65)91-74-49-24-28-53-80(74)94(78-51-26-22-45-70(78)62-33-10-2-11-34-62)84-57-69(93(67-41-18-6-19-42-67)68-43-20-7-21-44-68)58-85(88(84)91)95(82)79-52-27-23-46-71(79)63-35-12-3-13-36-63/h1-60H. The molecule has 4 aliphatic heterocycles. The van der Waals surface area contributed by atoms with Crippen LogP contribution in [0.4, 0.5) is 68.2 Å². The molecule has 97 heavy (non-hydrogen) atoms. The third kappa shape index (κ3) is 9.33. The highest BCUT2D eigenvalue weighted by Gasteiger charge is 2.48. The molecule has 452 valence electrons. The van der Waals surface area contributed by atoms with Crippen molar-refractivity contribution in [2.24, 2.45) is 0 Å². The SMILES string of the molecule is c1ccc(-c2cc3c4c(c2)N(c2c(-c5ccccc5)cccc2-c2ccccc2)c2ccccc2B4c2cc4c(cc2S3)N(c2ccccc2-c2ccccc2)c2cc(N(c3ccccc3)c3ccccc3)cc3c2B4c2ccccc2N3c2ccccc2-c2ccccc2)cc1. The molecule has 4 heterocycles. The minimum absolute atomic E-state index is 0.125. The van der Waals surface area contributed by atoms with Crippen LogP contribution in [0.5, 0.6) is 0 Å². The van der Waals surface area contributed by atoms with Gasteiger partial charge in [-0.15, -0.1) is 0 Å². The van der Waals surface area contributed by atoms with Gasteiger partial charge in [-0.3, -0.25) is 0 Å². The van der Waals surface area contributed by atoms with E-state index in [4.69, 9.17) is 0 Å². The molecular formula is C90H60B2N4S. The summed E-state index contributed by atoms with van der Waals surface area (Å²) in [4.78, 5) is 12.8. The van der Waals surface area contributed by atoms with Crippen LogP contribution < -0.4 is 52.4 Å². The van der Waals surface area contributed by atoms with Crippen molar-refractivity contribution in [3.8, 4) is 55.6 Å². The van der Waals surface area contributed by atoms with E-state index < -0.39 is 0 Å². The van der Waals surface area contributed by atoms with E-state index in [0.717, 1.165) is 79.1 Å². The van der Waals surface area contributed by atoms with Crippen molar-refractivity contribution in [2.75, 3.05) is 19.6 Å². The van der Waals surface area contributed by atoms with Gasteiger partial charge in [-0.2, -0.15) is 0 Å². The van der Waals surface area contributed by atoms with Crippen molar-refractivity contribution in [1.82, 2.24) is 0 Å². The fraction of sp³-hybridized carbons (Fsp3) is 0. The largest absolute Gasteiger partial charge is 0.311 e. The minimum atomic E-state index is -0.189. The van der Waals surface area contributed by atoms with Gasteiger partial charge in [0.05, 0.1) is 22.7 Å². The van der Waals surface area contributed by atoms with Crippen LogP contribution in [-0.4, -0.2) is 13.4 Å². The maximum Gasteiger partial charge on any atom is 0.252 e. The van der Waals surface area contributed by atoms with Gasteiger partial charge in [0.2, 0.25) is 6.71 Å². The van der Waals surface area contributed by atoms with Gasteiger partial charge in [-0.25, -0.2) is 0 Å². The molecule has 0 saturated carbocycles. The number of nitrogens with zero attached hydrogens (tertiary/aromatic N) is 4. The van der Waals surface area contributed by atoms with E-state index in [0.29, 0.717) is 0 Å². The zero-order valence-electron chi connectivity index (χ0n) is 53.0. The van der Waals surface area contributed by atoms with Crippen molar-refractivity contribution in [3.63, 3.8) is 0 Å². The Kier molecular flexibility index (Phi) is 13.7. The molecule has 0 saturated heterocycles. The number of rotatable bonds is 11. The molecule has 0 fully saturated rings. The third-order valence-electron chi connectivity index (χ3n) is 20.0. The van der Waals surface area contributed by atoms with Crippen molar-refractivity contribution in [1.29, 1.82) is 0 Å². The Morgan fingerprint density at radius 2 is 0.598 bits per heavy atom. The summed E-state index contributed by atoms with van der Waals surface area (Å²) in [6.45, 7) is -0.315. The molecule has 0 aliphatic carbocycles. The molecule has 19 rings (SSSR count). The smallest absolute Gasteiger partial charge is 0.252 e. The molecule has 7 heteroatoms. The van der Waals surface area contributed by atoms with Gasteiger partial charge < -0.3 is 19.6 Å². The Morgan fingerprint density at radius 1 is 0.216 bits per heavy atom. The molecule has 0 N–H and O–H groups in total. The van der Waals surface area contributed by atoms with Crippen LogP contribution in [0.1, 0.15) is 0 Å². The normalized spacial score (nSPS) is 12.8. The number of hydrogen-bond donors (Lipinski definition) is 0. The number of fused-ring (bicyclic) bond motifs is 8. The molecule has 0 atom stereocenters. The summed E-state index contributed by atoms with van der Waals surface area (Å²) >= 11 is 1.93. The van der Waals surface area contributed by atoms with E-state index in [9.17, 15) is 0 Å². The first-order chi connectivity index (χ1) is 48.2. The molecule has 0 bridgehead atoms. The van der Waals surface area contributed by atoms with Gasteiger partial charge >= 0.3 is 0 Å². The minimum Gasteiger partial charge on any atom is -0.311 e. The van der Waals surface area contributed by atoms with Gasteiger partial charge in [0.25, 0.3) is 6.71 Å². The number of para-hydroxylation sites is 7.